The maximum absolute atomic E-state index is 13.4. The van der Waals surface area contributed by atoms with Crippen molar-refractivity contribution in [2.24, 2.45) is 11.8 Å². The van der Waals surface area contributed by atoms with Gasteiger partial charge in [0, 0.05) is 32.0 Å². The molecule has 1 aliphatic carbocycles. The van der Waals surface area contributed by atoms with Crippen LogP contribution >= 0.6 is 0 Å². The first-order chi connectivity index (χ1) is 19.2. The van der Waals surface area contributed by atoms with Gasteiger partial charge in [0.25, 0.3) is 0 Å². The average Bonchev–Trinajstić information content (AvgIpc) is 2.96. The molecule has 0 saturated heterocycles. The molecule has 2 aromatic rings. The van der Waals surface area contributed by atoms with Gasteiger partial charge in [-0.05, 0) is 85.7 Å². The zero-order valence-corrected chi connectivity index (χ0v) is 24.3. The molecular formula is C31H40N2O7. The highest BCUT2D eigenvalue weighted by atomic mass is 16.5. The molecule has 5 rings (SSSR count). The number of carboxylic acids is 1. The van der Waals surface area contributed by atoms with Crippen molar-refractivity contribution < 1.29 is 33.6 Å². The Morgan fingerprint density at radius 3 is 2.05 bits per heavy atom. The second kappa shape index (κ2) is 10.8. The van der Waals surface area contributed by atoms with Crippen molar-refractivity contribution in [1.29, 1.82) is 0 Å². The van der Waals surface area contributed by atoms with Crippen LogP contribution in [0.25, 0.3) is 0 Å². The van der Waals surface area contributed by atoms with E-state index in [1.165, 1.54) is 0 Å². The highest BCUT2D eigenvalue weighted by molar-refractivity contribution is 5.76. The van der Waals surface area contributed by atoms with E-state index in [4.69, 9.17) is 18.9 Å². The van der Waals surface area contributed by atoms with Crippen molar-refractivity contribution in [3.8, 4) is 23.0 Å². The molecule has 4 atom stereocenters. The molecule has 0 aromatic heterocycles. The summed E-state index contributed by atoms with van der Waals surface area (Å²) in [6.07, 6.45) is 3.00. The third kappa shape index (κ3) is 4.35. The normalized spacial score (nSPS) is 26.1. The Kier molecular flexibility index (Phi) is 7.61. The van der Waals surface area contributed by atoms with Crippen LogP contribution in [0.3, 0.4) is 0 Å². The molecule has 3 aliphatic rings. The summed E-state index contributed by atoms with van der Waals surface area (Å²) in [5.41, 5.74) is 3.68. The second-order valence-corrected chi connectivity index (χ2v) is 11.2. The molecule has 0 radical (unpaired) electrons. The van der Waals surface area contributed by atoms with Gasteiger partial charge in [0.05, 0.1) is 39.9 Å². The Labute approximate surface area is 235 Å². The van der Waals surface area contributed by atoms with Gasteiger partial charge < -0.3 is 29.0 Å². The van der Waals surface area contributed by atoms with Gasteiger partial charge in [0.1, 0.15) is 0 Å². The standard InChI is InChI=1S/C31H40N2O7/c1-18(34)33-12-9-20-15-26(38-4)28(40-6)17-23(20)31(33)10-7-21(30(35)36)13-24(31)29-22-16-27(39-5)25(37-3)14-19(22)8-11-32(29)2/h14-17,21,24,29H,7-13H2,1-6H3,(H,35,36)/t21-,24+,29?,31+/m1/s1. The number of methoxy groups -OCH3 is 4. The van der Waals surface area contributed by atoms with E-state index in [-0.39, 0.29) is 17.9 Å². The molecule has 40 heavy (non-hydrogen) atoms. The lowest BCUT2D eigenvalue weighted by Gasteiger charge is -2.59. The molecule has 9 nitrogen and oxygen atoms in total. The van der Waals surface area contributed by atoms with Crippen LogP contribution in [0.5, 0.6) is 23.0 Å². The number of nitrogens with zero attached hydrogens (tertiary/aromatic N) is 2. The first-order valence-corrected chi connectivity index (χ1v) is 13.9. The van der Waals surface area contributed by atoms with Gasteiger partial charge >= 0.3 is 5.97 Å². The van der Waals surface area contributed by atoms with Gasteiger partial charge in [-0.15, -0.1) is 0 Å². The summed E-state index contributed by atoms with van der Waals surface area (Å²) in [4.78, 5) is 30.2. The monoisotopic (exact) mass is 552 g/mol. The Bertz CT molecular complexity index is 1310. The van der Waals surface area contributed by atoms with Crippen molar-refractivity contribution in [3.05, 3.63) is 46.5 Å². The summed E-state index contributed by atoms with van der Waals surface area (Å²) in [6, 6.07) is 7.99. The number of carboxylic acid groups (broad SMARTS) is 1. The first kappa shape index (κ1) is 28.1. The Morgan fingerprint density at radius 1 is 0.875 bits per heavy atom. The van der Waals surface area contributed by atoms with Crippen molar-refractivity contribution in [2.45, 2.75) is 50.6 Å². The summed E-state index contributed by atoms with van der Waals surface area (Å²) in [5.74, 6) is 1.07. The minimum atomic E-state index is -0.788. The van der Waals surface area contributed by atoms with Crippen molar-refractivity contribution in [2.75, 3.05) is 48.6 Å². The van der Waals surface area contributed by atoms with Crippen LogP contribution in [0.1, 0.15) is 54.5 Å². The van der Waals surface area contributed by atoms with Crippen molar-refractivity contribution in [1.82, 2.24) is 9.80 Å². The third-order valence-electron chi connectivity index (χ3n) is 9.47. The zero-order chi connectivity index (χ0) is 28.8. The maximum Gasteiger partial charge on any atom is 0.306 e. The van der Waals surface area contributed by atoms with Crippen molar-refractivity contribution >= 4 is 11.9 Å². The summed E-state index contributed by atoms with van der Waals surface area (Å²) in [5, 5.41) is 10.2. The molecule has 1 fully saturated rings. The van der Waals surface area contributed by atoms with Crippen LogP contribution < -0.4 is 18.9 Å². The fourth-order valence-electron chi connectivity index (χ4n) is 7.66. The van der Waals surface area contributed by atoms with Crippen LogP contribution in [-0.2, 0) is 28.0 Å². The second-order valence-electron chi connectivity index (χ2n) is 11.2. The topological polar surface area (TPSA) is 97.8 Å². The number of benzene rings is 2. The molecular weight excluding hydrogens is 512 g/mol. The first-order valence-electron chi connectivity index (χ1n) is 13.9. The van der Waals surface area contributed by atoms with E-state index in [9.17, 15) is 14.7 Å². The minimum Gasteiger partial charge on any atom is -0.493 e. The summed E-state index contributed by atoms with van der Waals surface area (Å²) in [6.45, 7) is 2.98. The molecule has 2 aliphatic heterocycles. The third-order valence-corrected chi connectivity index (χ3v) is 9.47. The average molecular weight is 553 g/mol. The molecule has 9 heteroatoms. The molecule has 2 aromatic carbocycles. The minimum absolute atomic E-state index is 0.00907. The SMILES string of the molecule is COc1cc2c(cc1OC)C([C@@H]1C[C@H](C(=O)O)CC[C@]13c1cc(OC)c(OC)cc1CCN3C(C)=O)N(C)CC2. The number of amides is 1. The van der Waals surface area contributed by atoms with Crippen LogP contribution in [0.4, 0.5) is 0 Å². The molecule has 1 amide bonds. The van der Waals surface area contributed by atoms with Gasteiger partial charge in [-0.2, -0.15) is 0 Å². The fourth-order valence-corrected chi connectivity index (χ4v) is 7.66. The number of carbonyl (C=O) groups excluding carboxylic acids is 1. The number of ether oxygens (including phenoxy) is 4. The molecule has 0 bridgehead atoms. The van der Waals surface area contributed by atoms with Crippen LogP contribution in [0.2, 0.25) is 0 Å². The van der Waals surface area contributed by atoms with E-state index in [2.05, 4.69) is 11.9 Å². The smallest absolute Gasteiger partial charge is 0.306 e. The molecule has 1 unspecified atom stereocenters. The number of hydrogen-bond donors (Lipinski definition) is 1. The zero-order valence-electron chi connectivity index (χ0n) is 24.3. The van der Waals surface area contributed by atoms with Crippen molar-refractivity contribution in [3.63, 3.8) is 0 Å². The summed E-state index contributed by atoms with van der Waals surface area (Å²) >= 11 is 0. The quantitative estimate of drug-likeness (QED) is 0.573. The largest absolute Gasteiger partial charge is 0.493 e. The predicted molar refractivity (Wildman–Crippen MR) is 149 cm³/mol. The lowest BCUT2D eigenvalue weighted by molar-refractivity contribution is -0.153. The van der Waals surface area contributed by atoms with E-state index in [0.717, 1.165) is 35.2 Å². The van der Waals surface area contributed by atoms with Gasteiger partial charge in [-0.25, -0.2) is 0 Å². The Morgan fingerprint density at radius 2 is 1.45 bits per heavy atom. The molecule has 1 saturated carbocycles. The van der Waals surface area contributed by atoms with E-state index in [0.29, 0.717) is 55.2 Å². The summed E-state index contributed by atoms with van der Waals surface area (Å²) in [7, 11) is 8.60. The lowest BCUT2D eigenvalue weighted by atomic mass is 9.58. The fraction of sp³-hybridized carbons (Fsp3) is 0.548. The van der Waals surface area contributed by atoms with E-state index in [1.807, 2.05) is 29.2 Å². The predicted octanol–water partition coefficient (Wildman–Crippen LogP) is 4.05. The van der Waals surface area contributed by atoms with Crippen LogP contribution in [-0.4, -0.2) is 75.4 Å². The molecule has 2 heterocycles. The number of fused-ring (bicyclic) bond motifs is 3. The number of rotatable bonds is 6. The van der Waals surface area contributed by atoms with E-state index in [1.54, 1.807) is 35.4 Å². The molecule has 1 N–H and O–H groups in total. The Balaban J connectivity index is 1.78. The number of aliphatic carboxylic acids is 1. The highest BCUT2D eigenvalue weighted by Crippen LogP contribution is 2.58. The van der Waals surface area contributed by atoms with E-state index >= 15 is 0 Å². The number of hydrogen-bond acceptors (Lipinski definition) is 7. The highest BCUT2D eigenvalue weighted by Gasteiger charge is 2.57. The van der Waals surface area contributed by atoms with Gasteiger partial charge in [0.15, 0.2) is 23.0 Å². The summed E-state index contributed by atoms with van der Waals surface area (Å²) < 4.78 is 22.7. The van der Waals surface area contributed by atoms with Gasteiger partial charge in [-0.1, -0.05) is 0 Å². The number of likely N-dealkylation sites (N-methyl/N-ethyl adjacent to an activating group) is 1. The lowest BCUT2D eigenvalue weighted by Crippen LogP contribution is -2.62. The van der Waals surface area contributed by atoms with Crippen LogP contribution in [0, 0.1) is 11.8 Å². The molecule has 1 spiro atoms. The van der Waals surface area contributed by atoms with Gasteiger partial charge in [-0.3, -0.25) is 14.5 Å². The van der Waals surface area contributed by atoms with Crippen LogP contribution in [0.15, 0.2) is 24.3 Å². The maximum atomic E-state index is 13.4. The number of carbonyl (C=O) groups is 2. The molecule has 216 valence electrons. The van der Waals surface area contributed by atoms with Gasteiger partial charge in [0.2, 0.25) is 5.91 Å². The van der Waals surface area contributed by atoms with E-state index < -0.39 is 17.4 Å². The Hall–Kier alpha value is -3.46.